The molecule has 2 nitrogen and oxygen atoms in total. The van der Waals surface area contributed by atoms with Crippen molar-refractivity contribution in [3.63, 3.8) is 0 Å². The molecule has 1 aliphatic rings. The van der Waals surface area contributed by atoms with Gasteiger partial charge in [-0.1, -0.05) is 206 Å². The van der Waals surface area contributed by atoms with Crippen molar-refractivity contribution < 1.29 is 0 Å². The van der Waals surface area contributed by atoms with Crippen LogP contribution in [0.4, 0.5) is 0 Å². The van der Waals surface area contributed by atoms with Gasteiger partial charge in [0.25, 0.3) is 0 Å². The molecule has 1 aliphatic carbocycles. The topological polar surface area (TPSA) is 25.8 Å². The van der Waals surface area contributed by atoms with Crippen molar-refractivity contribution >= 4 is 42.3 Å². The molecule has 12 aromatic rings. The fourth-order valence-electron chi connectivity index (χ4n) is 10.6. The lowest BCUT2D eigenvalue weighted by molar-refractivity contribution is 0.768. The summed E-state index contributed by atoms with van der Waals surface area (Å²) in [6.07, 6.45) is 0. The quantitative estimate of drug-likeness (QED) is 0.160. The minimum absolute atomic E-state index is 0.528. The van der Waals surface area contributed by atoms with Crippen LogP contribution in [0.2, 0.25) is 0 Å². The lowest BCUT2D eigenvalue weighted by Gasteiger charge is -2.33. The summed E-state index contributed by atoms with van der Waals surface area (Å²) < 4.78 is 2.58. The van der Waals surface area contributed by atoms with E-state index in [1.165, 1.54) is 69.9 Å². The van der Waals surface area contributed by atoms with Crippen LogP contribution >= 0.6 is 11.3 Å². The molecule has 13 rings (SSSR count). The van der Waals surface area contributed by atoms with Gasteiger partial charge in [-0.3, -0.25) is 0 Å². The van der Waals surface area contributed by atoms with E-state index in [2.05, 4.69) is 243 Å². The third-order valence-corrected chi connectivity index (χ3v) is 14.8. The van der Waals surface area contributed by atoms with Crippen molar-refractivity contribution in [2.75, 3.05) is 0 Å². The van der Waals surface area contributed by atoms with E-state index < -0.39 is 5.41 Å². The standard InChI is InChI=1S/C63H40N2S/c1-4-19-42(20-5-1)62-64-57(40-58(65-62)54-30-17-32-56-60(54)53-27-12-14-31-55(53)63(56,48-22-6-2-7-23-48)49-24-8-3-9-25-49)47-38-45(44-35-34-41-18-10-11-21-43(41)36-44)37-46(39-47)50-28-16-29-52-51-26-13-15-33-59(51)66-61(50)52/h1-40H. The van der Waals surface area contributed by atoms with Gasteiger partial charge < -0.3 is 0 Å². The fourth-order valence-corrected chi connectivity index (χ4v) is 11.8. The van der Waals surface area contributed by atoms with Gasteiger partial charge in [0.2, 0.25) is 0 Å². The van der Waals surface area contributed by atoms with E-state index in [0.29, 0.717) is 5.82 Å². The van der Waals surface area contributed by atoms with E-state index in [1.54, 1.807) is 0 Å². The van der Waals surface area contributed by atoms with Gasteiger partial charge in [-0.05, 0) is 103 Å². The Morgan fingerprint density at radius 1 is 0.333 bits per heavy atom. The minimum atomic E-state index is -0.528. The molecule has 0 atom stereocenters. The van der Waals surface area contributed by atoms with Gasteiger partial charge in [0.1, 0.15) is 0 Å². The smallest absolute Gasteiger partial charge is 0.160 e. The Kier molecular flexibility index (Phi) is 8.97. The van der Waals surface area contributed by atoms with Gasteiger partial charge >= 0.3 is 0 Å². The first-order chi connectivity index (χ1) is 32.7. The number of nitrogens with zero attached hydrogens (tertiary/aromatic N) is 2. The number of aromatic nitrogens is 2. The minimum Gasteiger partial charge on any atom is -0.228 e. The number of hydrogen-bond donors (Lipinski definition) is 0. The molecule has 3 heteroatoms. The first-order valence-electron chi connectivity index (χ1n) is 22.6. The van der Waals surface area contributed by atoms with Crippen molar-refractivity contribution in [1.82, 2.24) is 9.97 Å². The van der Waals surface area contributed by atoms with Crippen LogP contribution in [0.5, 0.6) is 0 Å². The van der Waals surface area contributed by atoms with Crippen LogP contribution in [0, 0.1) is 0 Å². The van der Waals surface area contributed by atoms with Crippen molar-refractivity contribution in [1.29, 1.82) is 0 Å². The summed E-state index contributed by atoms with van der Waals surface area (Å²) >= 11 is 1.86. The molecular weight excluding hydrogens is 817 g/mol. The van der Waals surface area contributed by atoms with Gasteiger partial charge in [-0.15, -0.1) is 11.3 Å². The molecule has 0 saturated carbocycles. The third kappa shape index (κ3) is 6.09. The lowest BCUT2D eigenvalue weighted by atomic mass is 9.67. The highest BCUT2D eigenvalue weighted by molar-refractivity contribution is 7.26. The zero-order chi connectivity index (χ0) is 43.6. The SMILES string of the molecule is c1ccc(-c2nc(-c3cc(-c4ccc5ccccc5c4)cc(-c4cccc5c4sc4ccccc45)c3)cc(-c3cccc4c3-c3ccccc3C4(c3ccccc3)c3ccccc3)n2)cc1. The molecule has 0 saturated heterocycles. The molecule has 0 aliphatic heterocycles. The highest BCUT2D eigenvalue weighted by Crippen LogP contribution is 2.58. The van der Waals surface area contributed by atoms with E-state index in [0.717, 1.165) is 44.8 Å². The highest BCUT2D eigenvalue weighted by Gasteiger charge is 2.46. The van der Waals surface area contributed by atoms with Crippen LogP contribution in [-0.2, 0) is 5.41 Å². The zero-order valence-electron chi connectivity index (χ0n) is 35.9. The first kappa shape index (κ1) is 38.2. The van der Waals surface area contributed by atoms with Gasteiger partial charge in [0.15, 0.2) is 5.82 Å². The second-order valence-electron chi connectivity index (χ2n) is 17.2. The van der Waals surface area contributed by atoms with E-state index in [-0.39, 0.29) is 0 Å². The number of thiophene rings is 1. The molecule has 0 amide bonds. The monoisotopic (exact) mass is 856 g/mol. The molecule has 308 valence electrons. The second-order valence-corrected chi connectivity index (χ2v) is 18.3. The Labute approximate surface area is 387 Å². The van der Waals surface area contributed by atoms with Gasteiger partial charge in [0, 0.05) is 36.9 Å². The Bertz CT molecular complexity index is 3780. The normalized spacial score (nSPS) is 12.7. The average Bonchev–Trinajstić information content (AvgIpc) is 3.93. The molecular formula is C63H40N2S. The predicted molar refractivity (Wildman–Crippen MR) is 277 cm³/mol. The maximum atomic E-state index is 5.49. The molecule has 2 heterocycles. The summed E-state index contributed by atoms with van der Waals surface area (Å²) in [5.41, 5.74) is 16.4. The van der Waals surface area contributed by atoms with E-state index in [4.69, 9.17) is 9.97 Å². The van der Waals surface area contributed by atoms with E-state index >= 15 is 0 Å². The molecule has 0 radical (unpaired) electrons. The molecule has 2 aromatic heterocycles. The molecule has 66 heavy (non-hydrogen) atoms. The van der Waals surface area contributed by atoms with E-state index in [9.17, 15) is 0 Å². The summed E-state index contributed by atoms with van der Waals surface area (Å²) in [5, 5.41) is 5.01. The molecule has 0 fully saturated rings. The van der Waals surface area contributed by atoms with Crippen LogP contribution < -0.4 is 0 Å². The molecule has 0 spiro atoms. The molecule has 10 aromatic carbocycles. The maximum Gasteiger partial charge on any atom is 0.160 e. The Morgan fingerprint density at radius 3 is 1.74 bits per heavy atom. The van der Waals surface area contributed by atoms with Crippen molar-refractivity contribution in [3.8, 4) is 67.3 Å². The summed E-state index contributed by atoms with van der Waals surface area (Å²) in [6, 6.07) is 88.3. The van der Waals surface area contributed by atoms with Gasteiger partial charge in [-0.25, -0.2) is 9.97 Å². The maximum absolute atomic E-state index is 5.49. The molecule has 0 unspecified atom stereocenters. The Balaban J connectivity index is 1.08. The van der Waals surface area contributed by atoms with Crippen LogP contribution in [0.25, 0.3) is 98.2 Å². The fraction of sp³-hybridized carbons (Fsp3) is 0.0159. The van der Waals surface area contributed by atoms with Gasteiger partial charge in [-0.2, -0.15) is 0 Å². The predicted octanol–water partition coefficient (Wildman–Crippen LogP) is 16.7. The summed E-state index contributed by atoms with van der Waals surface area (Å²) in [4.78, 5) is 11.0. The van der Waals surface area contributed by atoms with Crippen molar-refractivity contribution in [2.24, 2.45) is 0 Å². The van der Waals surface area contributed by atoms with Crippen molar-refractivity contribution in [3.05, 3.63) is 265 Å². The highest BCUT2D eigenvalue weighted by atomic mass is 32.1. The van der Waals surface area contributed by atoms with Crippen LogP contribution in [0.3, 0.4) is 0 Å². The van der Waals surface area contributed by atoms with Gasteiger partial charge in [0.05, 0.1) is 16.8 Å². The van der Waals surface area contributed by atoms with Crippen LogP contribution in [0.1, 0.15) is 22.3 Å². The number of fused-ring (bicyclic) bond motifs is 7. The number of rotatable bonds is 7. The summed E-state index contributed by atoms with van der Waals surface area (Å²) in [7, 11) is 0. The van der Waals surface area contributed by atoms with E-state index in [1.807, 2.05) is 11.3 Å². The zero-order valence-corrected chi connectivity index (χ0v) is 36.7. The largest absolute Gasteiger partial charge is 0.228 e. The third-order valence-electron chi connectivity index (χ3n) is 13.5. The number of hydrogen-bond acceptors (Lipinski definition) is 3. The number of benzene rings is 10. The second kappa shape index (κ2) is 15.5. The Hall–Kier alpha value is -8.24. The molecule has 0 N–H and O–H groups in total. The lowest BCUT2D eigenvalue weighted by Crippen LogP contribution is -2.28. The first-order valence-corrected chi connectivity index (χ1v) is 23.4. The summed E-state index contributed by atoms with van der Waals surface area (Å²) in [6.45, 7) is 0. The molecule has 0 bridgehead atoms. The average molecular weight is 857 g/mol. The summed E-state index contributed by atoms with van der Waals surface area (Å²) in [5.74, 6) is 0.689. The van der Waals surface area contributed by atoms with Crippen LogP contribution in [0.15, 0.2) is 243 Å². The Morgan fingerprint density at radius 2 is 0.924 bits per heavy atom. The van der Waals surface area contributed by atoms with Crippen LogP contribution in [-0.4, -0.2) is 9.97 Å². The van der Waals surface area contributed by atoms with Crippen molar-refractivity contribution in [2.45, 2.75) is 5.41 Å².